The van der Waals surface area contributed by atoms with Gasteiger partial charge in [-0.25, -0.2) is 4.39 Å². The summed E-state index contributed by atoms with van der Waals surface area (Å²) in [5.41, 5.74) is 0.613. The Hall–Kier alpha value is -3.47. The Kier molecular flexibility index (Phi) is 8.19. The van der Waals surface area contributed by atoms with E-state index in [-0.39, 0.29) is 24.4 Å². The molecule has 0 aromatic heterocycles. The fourth-order valence-corrected chi connectivity index (χ4v) is 5.18. The van der Waals surface area contributed by atoms with E-state index in [1.54, 1.807) is 25.1 Å². The van der Waals surface area contributed by atoms with Gasteiger partial charge in [-0.3, -0.25) is 23.5 Å². The van der Waals surface area contributed by atoms with E-state index in [0.29, 0.717) is 17.2 Å². The monoisotopic (exact) mass is 517 g/mol. The second-order valence-electron chi connectivity index (χ2n) is 8.75. The quantitative estimate of drug-likeness (QED) is 0.529. The molecule has 3 amide bonds. The van der Waals surface area contributed by atoms with Crippen molar-refractivity contribution in [3.8, 4) is 11.5 Å². The maximum absolute atomic E-state index is 13.9. The maximum Gasteiger partial charge on any atom is 0.243 e. The number of nitrogens with one attached hydrogen (secondary N) is 2. The molecule has 9 nitrogen and oxygen atoms in total. The number of ether oxygens (including phenoxy) is 2. The third-order valence-electron chi connectivity index (χ3n) is 6.06. The number of hydrogen-bond donors (Lipinski definition) is 2. The van der Waals surface area contributed by atoms with Crippen molar-refractivity contribution in [3.63, 3.8) is 0 Å². The molecule has 1 fully saturated rings. The van der Waals surface area contributed by atoms with E-state index >= 15 is 0 Å². The molecule has 1 heterocycles. The minimum atomic E-state index is -1.87. The minimum absolute atomic E-state index is 0.0402. The topological polar surface area (TPSA) is 114 Å². The van der Waals surface area contributed by atoms with Crippen LogP contribution in [0.4, 0.5) is 15.8 Å². The van der Waals surface area contributed by atoms with Gasteiger partial charge >= 0.3 is 0 Å². The van der Waals surface area contributed by atoms with Gasteiger partial charge in [0.05, 0.1) is 0 Å². The molecule has 0 spiro atoms. The number of carbonyl (C=O) groups excluding carboxylic acids is 3. The molecule has 2 atom stereocenters. The van der Waals surface area contributed by atoms with Crippen LogP contribution in [0.3, 0.4) is 0 Å². The predicted octanol–water partition coefficient (Wildman–Crippen LogP) is 2.72. The summed E-state index contributed by atoms with van der Waals surface area (Å²) in [7, 11) is -1.87. The van der Waals surface area contributed by atoms with Crippen molar-refractivity contribution in [1.29, 1.82) is 0 Å². The molecule has 2 aliphatic rings. The van der Waals surface area contributed by atoms with Crippen LogP contribution >= 0.6 is 0 Å². The van der Waals surface area contributed by atoms with Gasteiger partial charge < -0.3 is 20.1 Å². The zero-order valence-electron chi connectivity index (χ0n) is 19.8. The number of amides is 3. The Bertz CT molecular complexity index is 1170. The lowest BCUT2D eigenvalue weighted by Crippen LogP contribution is -2.51. The summed E-state index contributed by atoms with van der Waals surface area (Å²) in [4.78, 5) is 39.6. The summed E-state index contributed by atoms with van der Waals surface area (Å²) in [6.45, 7) is 1.64. The SMILES string of the molecule is C[C@H](C(=O)NC1CCCC1)N(C(=O)C[S@@](=O)CC(=O)Nc1ccc2c(c1)OCO2)c1cccc(F)c1. The van der Waals surface area contributed by atoms with Gasteiger partial charge in [0.1, 0.15) is 23.4 Å². The van der Waals surface area contributed by atoms with Crippen molar-refractivity contribution >= 4 is 39.9 Å². The van der Waals surface area contributed by atoms with Crippen LogP contribution in [0.15, 0.2) is 42.5 Å². The molecule has 1 aliphatic heterocycles. The van der Waals surface area contributed by atoms with E-state index in [1.807, 2.05) is 0 Å². The van der Waals surface area contributed by atoms with Crippen LogP contribution < -0.4 is 25.0 Å². The third kappa shape index (κ3) is 6.39. The second kappa shape index (κ2) is 11.5. The Morgan fingerprint density at radius 3 is 2.58 bits per heavy atom. The van der Waals surface area contributed by atoms with Crippen molar-refractivity contribution in [1.82, 2.24) is 5.32 Å². The molecule has 2 N–H and O–H groups in total. The van der Waals surface area contributed by atoms with E-state index in [9.17, 15) is 23.0 Å². The van der Waals surface area contributed by atoms with Gasteiger partial charge in [-0.05, 0) is 50.1 Å². The summed E-state index contributed by atoms with van der Waals surface area (Å²) >= 11 is 0. The van der Waals surface area contributed by atoms with Crippen LogP contribution in [0, 0.1) is 5.82 Å². The number of anilines is 2. The summed E-state index contributed by atoms with van der Waals surface area (Å²) < 4.78 is 37.1. The van der Waals surface area contributed by atoms with Gasteiger partial charge in [0.15, 0.2) is 11.5 Å². The molecular formula is C25H28FN3O6S. The first-order valence-corrected chi connectivity index (χ1v) is 13.2. The van der Waals surface area contributed by atoms with Crippen molar-refractivity contribution in [3.05, 3.63) is 48.3 Å². The van der Waals surface area contributed by atoms with Crippen LogP contribution in [-0.2, 0) is 25.2 Å². The first kappa shape index (κ1) is 25.6. The molecule has 0 radical (unpaired) electrons. The van der Waals surface area contributed by atoms with Crippen molar-refractivity contribution in [2.24, 2.45) is 0 Å². The third-order valence-corrected chi connectivity index (χ3v) is 7.21. The molecule has 4 rings (SSSR count). The number of nitrogens with zero attached hydrogens (tertiary/aromatic N) is 1. The van der Waals surface area contributed by atoms with Crippen LogP contribution in [0.2, 0.25) is 0 Å². The van der Waals surface area contributed by atoms with Gasteiger partial charge in [-0.15, -0.1) is 0 Å². The standard InChI is InChI=1S/C25H28FN3O6S/c1-16(25(32)28-18-6-2-3-7-18)29(20-8-4-5-17(26)11-20)24(31)14-36(33)13-23(30)27-19-9-10-21-22(12-19)35-15-34-21/h4-5,8-12,16,18H,2-3,6-7,13-15H2,1H3,(H,27,30)(H,28,32)/t16-,36+/m1/s1. The fraction of sp³-hybridized carbons (Fsp3) is 0.400. The average molecular weight is 518 g/mol. The Balaban J connectivity index is 1.40. The number of fused-ring (bicyclic) bond motifs is 1. The lowest BCUT2D eigenvalue weighted by molar-refractivity contribution is -0.125. The Labute approximate surface area is 210 Å². The van der Waals surface area contributed by atoms with Gasteiger partial charge in [0.2, 0.25) is 24.5 Å². The number of carbonyl (C=O) groups is 3. The molecule has 2 aromatic carbocycles. The molecule has 0 saturated heterocycles. The lowest BCUT2D eigenvalue weighted by Gasteiger charge is -2.29. The van der Waals surface area contributed by atoms with Gasteiger partial charge in [0, 0.05) is 34.3 Å². The molecule has 11 heteroatoms. The molecule has 1 aliphatic carbocycles. The molecule has 36 heavy (non-hydrogen) atoms. The molecule has 1 saturated carbocycles. The number of hydrogen-bond acceptors (Lipinski definition) is 6. The highest BCUT2D eigenvalue weighted by atomic mass is 32.2. The smallest absolute Gasteiger partial charge is 0.243 e. The average Bonchev–Trinajstić information content (AvgIpc) is 3.50. The normalized spacial score (nSPS) is 16.3. The summed E-state index contributed by atoms with van der Waals surface area (Å²) in [6.07, 6.45) is 3.79. The Morgan fingerprint density at radius 1 is 1.08 bits per heavy atom. The first-order chi connectivity index (χ1) is 17.3. The number of rotatable bonds is 9. The molecular weight excluding hydrogens is 489 g/mol. The van der Waals surface area contributed by atoms with E-state index in [2.05, 4.69) is 10.6 Å². The van der Waals surface area contributed by atoms with Crippen molar-refractivity contribution in [2.45, 2.75) is 44.7 Å². The highest BCUT2D eigenvalue weighted by molar-refractivity contribution is 7.86. The van der Waals surface area contributed by atoms with Gasteiger partial charge in [-0.2, -0.15) is 0 Å². The lowest BCUT2D eigenvalue weighted by atomic mass is 10.1. The zero-order valence-corrected chi connectivity index (χ0v) is 20.6. The van der Waals surface area contributed by atoms with Crippen molar-refractivity contribution < 1.29 is 32.5 Å². The fourth-order valence-electron chi connectivity index (χ4n) is 4.29. The zero-order chi connectivity index (χ0) is 25.7. The molecule has 192 valence electrons. The summed E-state index contributed by atoms with van der Waals surface area (Å²) in [5, 5.41) is 5.56. The highest BCUT2D eigenvalue weighted by Crippen LogP contribution is 2.34. The number of halogens is 1. The first-order valence-electron chi connectivity index (χ1n) is 11.7. The number of benzene rings is 2. The van der Waals surface area contributed by atoms with E-state index in [0.717, 1.165) is 36.6 Å². The summed E-state index contributed by atoms with van der Waals surface area (Å²) in [5.74, 6) is -2.03. The molecule has 0 unspecified atom stereocenters. The minimum Gasteiger partial charge on any atom is -0.454 e. The van der Waals surface area contributed by atoms with Crippen LogP contribution in [0.25, 0.3) is 0 Å². The maximum atomic E-state index is 13.9. The van der Waals surface area contributed by atoms with Gasteiger partial charge in [-0.1, -0.05) is 18.9 Å². The molecule has 0 bridgehead atoms. The van der Waals surface area contributed by atoms with Crippen LogP contribution in [-0.4, -0.2) is 52.3 Å². The van der Waals surface area contributed by atoms with E-state index < -0.39 is 46.0 Å². The second-order valence-corrected chi connectivity index (χ2v) is 10.2. The van der Waals surface area contributed by atoms with Crippen LogP contribution in [0.1, 0.15) is 32.6 Å². The van der Waals surface area contributed by atoms with Crippen molar-refractivity contribution in [2.75, 3.05) is 28.5 Å². The van der Waals surface area contributed by atoms with E-state index in [4.69, 9.17) is 9.47 Å². The van der Waals surface area contributed by atoms with Gasteiger partial charge in [0.25, 0.3) is 0 Å². The highest BCUT2D eigenvalue weighted by Gasteiger charge is 2.31. The predicted molar refractivity (Wildman–Crippen MR) is 133 cm³/mol. The summed E-state index contributed by atoms with van der Waals surface area (Å²) in [6, 6.07) is 9.25. The van der Waals surface area contributed by atoms with E-state index in [1.165, 1.54) is 18.2 Å². The van der Waals surface area contributed by atoms with Crippen LogP contribution in [0.5, 0.6) is 11.5 Å². The Morgan fingerprint density at radius 2 is 1.83 bits per heavy atom. The largest absolute Gasteiger partial charge is 0.454 e. The molecule has 2 aromatic rings.